The van der Waals surface area contributed by atoms with Gasteiger partial charge in [-0.15, -0.1) is 0 Å². The molecule has 1 N–H and O–H groups in total. The summed E-state index contributed by atoms with van der Waals surface area (Å²) in [7, 11) is 0. The molecule has 3 aliphatic heterocycles. The third-order valence-electron chi connectivity index (χ3n) is 5.07. The van der Waals surface area contributed by atoms with Gasteiger partial charge in [0, 0.05) is 44.8 Å². The van der Waals surface area contributed by atoms with Crippen molar-refractivity contribution in [1.82, 2.24) is 15.1 Å². The molecule has 2 atom stereocenters. The highest BCUT2D eigenvalue weighted by Gasteiger charge is 2.37. The molecule has 0 radical (unpaired) electrons. The smallest absolute Gasteiger partial charge is 0.0490 e. The Labute approximate surface area is 129 Å². The van der Waals surface area contributed by atoms with Gasteiger partial charge in [-0.3, -0.25) is 9.80 Å². The molecule has 0 spiro atoms. The maximum Gasteiger partial charge on any atom is 0.0490 e. The van der Waals surface area contributed by atoms with E-state index in [4.69, 9.17) is 0 Å². The molecule has 0 saturated carbocycles. The molecule has 3 heterocycles. The number of aryl methyl sites for hydroxylation is 1. The summed E-state index contributed by atoms with van der Waals surface area (Å²) < 4.78 is 0. The quantitative estimate of drug-likeness (QED) is 0.866. The first-order valence-electron chi connectivity index (χ1n) is 8.60. The SMILES string of the molecule is CCCNC(c1ccc(CC)cc1)C1CN2CCN1CC2. The zero-order chi connectivity index (χ0) is 14.7. The lowest BCUT2D eigenvalue weighted by molar-refractivity contribution is -0.00364. The van der Waals surface area contributed by atoms with E-state index in [1.807, 2.05) is 0 Å². The number of nitrogens with one attached hydrogen (secondary N) is 1. The summed E-state index contributed by atoms with van der Waals surface area (Å²) in [6.07, 6.45) is 2.32. The summed E-state index contributed by atoms with van der Waals surface area (Å²) in [4.78, 5) is 5.33. The average molecular weight is 287 g/mol. The van der Waals surface area contributed by atoms with Crippen molar-refractivity contribution in [3.8, 4) is 0 Å². The number of piperazine rings is 3. The summed E-state index contributed by atoms with van der Waals surface area (Å²) in [6.45, 7) is 11.8. The molecule has 3 fully saturated rings. The van der Waals surface area contributed by atoms with E-state index in [9.17, 15) is 0 Å². The van der Waals surface area contributed by atoms with Crippen molar-refractivity contribution in [3.05, 3.63) is 35.4 Å². The third kappa shape index (κ3) is 3.31. The van der Waals surface area contributed by atoms with E-state index in [1.165, 1.54) is 50.3 Å². The van der Waals surface area contributed by atoms with Gasteiger partial charge in [-0.25, -0.2) is 0 Å². The zero-order valence-corrected chi connectivity index (χ0v) is 13.5. The van der Waals surface area contributed by atoms with Crippen molar-refractivity contribution in [3.63, 3.8) is 0 Å². The maximum atomic E-state index is 3.81. The van der Waals surface area contributed by atoms with Crippen LogP contribution in [0.5, 0.6) is 0 Å². The monoisotopic (exact) mass is 287 g/mol. The van der Waals surface area contributed by atoms with Gasteiger partial charge in [0.25, 0.3) is 0 Å². The van der Waals surface area contributed by atoms with Gasteiger partial charge in [0.15, 0.2) is 0 Å². The van der Waals surface area contributed by atoms with Gasteiger partial charge in [0.05, 0.1) is 0 Å². The molecule has 3 heteroatoms. The first-order chi connectivity index (χ1) is 10.3. The van der Waals surface area contributed by atoms with Crippen LogP contribution in [0.4, 0.5) is 0 Å². The Morgan fingerprint density at radius 3 is 2.33 bits per heavy atom. The molecule has 21 heavy (non-hydrogen) atoms. The van der Waals surface area contributed by atoms with E-state index in [0.29, 0.717) is 12.1 Å². The highest BCUT2D eigenvalue weighted by Crippen LogP contribution is 2.27. The van der Waals surface area contributed by atoms with Crippen molar-refractivity contribution in [2.24, 2.45) is 0 Å². The number of hydrogen-bond donors (Lipinski definition) is 1. The van der Waals surface area contributed by atoms with Crippen LogP contribution in [0.15, 0.2) is 24.3 Å². The Hall–Kier alpha value is -0.900. The molecule has 1 aromatic rings. The molecule has 3 aliphatic rings. The van der Waals surface area contributed by atoms with Gasteiger partial charge >= 0.3 is 0 Å². The molecular weight excluding hydrogens is 258 g/mol. The molecule has 0 amide bonds. The standard InChI is InChI=1S/C18H29N3/c1-3-9-19-18(16-7-5-15(4-2)6-8-16)17-14-20-10-12-21(17)13-11-20/h5-8,17-19H,3-4,9-14H2,1-2H3. The van der Waals surface area contributed by atoms with Crippen LogP contribution in [-0.4, -0.2) is 55.1 Å². The lowest BCUT2D eigenvalue weighted by atomic mass is 9.93. The van der Waals surface area contributed by atoms with Crippen molar-refractivity contribution in [1.29, 1.82) is 0 Å². The Kier molecular flexibility index (Phi) is 4.94. The Morgan fingerprint density at radius 2 is 1.81 bits per heavy atom. The van der Waals surface area contributed by atoms with Gasteiger partial charge in [-0.2, -0.15) is 0 Å². The van der Waals surface area contributed by atoms with E-state index < -0.39 is 0 Å². The summed E-state index contributed by atoms with van der Waals surface area (Å²) >= 11 is 0. The molecule has 2 bridgehead atoms. The summed E-state index contributed by atoms with van der Waals surface area (Å²) in [5, 5.41) is 3.81. The number of nitrogens with zero attached hydrogens (tertiary/aromatic N) is 2. The second-order valence-electron chi connectivity index (χ2n) is 6.43. The van der Waals surface area contributed by atoms with Crippen molar-refractivity contribution < 1.29 is 0 Å². The highest BCUT2D eigenvalue weighted by molar-refractivity contribution is 5.26. The number of hydrogen-bond acceptors (Lipinski definition) is 3. The van der Waals surface area contributed by atoms with Gasteiger partial charge < -0.3 is 5.32 Å². The topological polar surface area (TPSA) is 18.5 Å². The summed E-state index contributed by atoms with van der Waals surface area (Å²) in [5.41, 5.74) is 2.89. The van der Waals surface area contributed by atoms with Crippen molar-refractivity contribution >= 4 is 0 Å². The van der Waals surface area contributed by atoms with Crippen LogP contribution in [-0.2, 0) is 6.42 Å². The van der Waals surface area contributed by atoms with Crippen LogP contribution in [0.1, 0.15) is 37.4 Å². The molecule has 1 aromatic carbocycles. The first kappa shape index (κ1) is 15.0. The van der Waals surface area contributed by atoms with Crippen LogP contribution in [0, 0.1) is 0 Å². The minimum atomic E-state index is 0.471. The van der Waals surface area contributed by atoms with E-state index in [0.717, 1.165) is 13.0 Å². The van der Waals surface area contributed by atoms with E-state index >= 15 is 0 Å². The Balaban J connectivity index is 1.79. The molecular formula is C18H29N3. The average Bonchev–Trinajstić information content (AvgIpc) is 2.57. The Morgan fingerprint density at radius 1 is 1.10 bits per heavy atom. The normalized spacial score (nSPS) is 29.5. The fourth-order valence-corrected chi connectivity index (χ4v) is 3.71. The molecule has 116 valence electrons. The predicted molar refractivity (Wildman–Crippen MR) is 88.7 cm³/mol. The molecule has 4 rings (SSSR count). The van der Waals surface area contributed by atoms with E-state index in [-0.39, 0.29) is 0 Å². The number of rotatable bonds is 6. The molecule has 2 unspecified atom stereocenters. The fourth-order valence-electron chi connectivity index (χ4n) is 3.71. The number of fused-ring (bicyclic) bond motifs is 3. The summed E-state index contributed by atoms with van der Waals surface area (Å²) in [6, 6.07) is 10.4. The Bertz CT molecular complexity index is 434. The van der Waals surface area contributed by atoms with E-state index in [2.05, 4.69) is 53.2 Å². The second-order valence-corrected chi connectivity index (χ2v) is 6.43. The van der Waals surface area contributed by atoms with Gasteiger partial charge in [-0.1, -0.05) is 38.1 Å². The summed E-state index contributed by atoms with van der Waals surface area (Å²) in [5.74, 6) is 0. The van der Waals surface area contributed by atoms with Crippen molar-refractivity contribution in [2.45, 2.75) is 38.8 Å². The lowest BCUT2D eigenvalue weighted by Gasteiger charge is -2.50. The molecule has 0 aliphatic carbocycles. The van der Waals surface area contributed by atoms with Crippen molar-refractivity contribution in [2.75, 3.05) is 39.3 Å². The lowest BCUT2D eigenvalue weighted by Crippen LogP contribution is -2.64. The molecule has 0 aromatic heterocycles. The van der Waals surface area contributed by atoms with Crippen LogP contribution in [0.25, 0.3) is 0 Å². The van der Waals surface area contributed by atoms with Gasteiger partial charge in [-0.05, 0) is 30.5 Å². The first-order valence-corrected chi connectivity index (χ1v) is 8.60. The van der Waals surface area contributed by atoms with Gasteiger partial charge in [0.1, 0.15) is 0 Å². The third-order valence-corrected chi connectivity index (χ3v) is 5.07. The zero-order valence-electron chi connectivity index (χ0n) is 13.5. The highest BCUT2D eigenvalue weighted by atomic mass is 15.4. The largest absolute Gasteiger partial charge is 0.309 e. The molecule has 3 nitrogen and oxygen atoms in total. The van der Waals surface area contributed by atoms with Crippen LogP contribution in [0.2, 0.25) is 0 Å². The fraction of sp³-hybridized carbons (Fsp3) is 0.667. The maximum absolute atomic E-state index is 3.81. The van der Waals surface area contributed by atoms with E-state index in [1.54, 1.807) is 0 Å². The van der Waals surface area contributed by atoms with Crippen LogP contribution >= 0.6 is 0 Å². The number of benzene rings is 1. The van der Waals surface area contributed by atoms with Gasteiger partial charge in [0.2, 0.25) is 0 Å². The molecule has 3 saturated heterocycles. The minimum Gasteiger partial charge on any atom is -0.309 e. The second kappa shape index (κ2) is 6.91. The van der Waals surface area contributed by atoms with Crippen LogP contribution < -0.4 is 5.32 Å². The predicted octanol–water partition coefficient (Wildman–Crippen LogP) is 2.29. The minimum absolute atomic E-state index is 0.471. The van der Waals surface area contributed by atoms with Crippen LogP contribution in [0.3, 0.4) is 0 Å².